The highest BCUT2D eigenvalue weighted by molar-refractivity contribution is 5.95. The van der Waals surface area contributed by atoms with Crippen molar-refractivity contribution in [2.45, 2.75) is 91.3 Å². The highest BCUT2D eigenvalue weighted by atomic mass is 16.5. The molecular weight excluding hydrogens is 574 g/mol. The van der Waals surface area contributed by atoms with E-state index in [1.54, 1.807) is 24.3 Å². The third kappa shape index (κ3) is 14.3. The van der Waals surface area contributed by atoms with Crippen molar-refractivity contribution >= 4 is 35.6 Å². The first-order valence-electron chi connectivity index (χ1n) is 14.5. The van der Waals surface area contributed by atoms with E-state index < -0.39 is 65.9 Å². The van der Waals surface area contributed by atoms with Gasteiger partial charge in [0, 0.05) is 0 Å². The fourth-order valence-electron chi connectivity index (χ4n) is 3.98. The molecule has 0 radical (unpaired) electrons. The maximum absolute atomic E-state index is 13.2. The molecule has 1 aromatic carbocycles. The summed E-state index contributed by atoms with van der Waals surface area (Å²) in [5.41, 5.74) is 2.62. The Kier molecular flexibility index (Phi) is 16.4. The van der Waals surface area contributed by atoms with Crippen LogP contribution < -0.4 is 37.9 Å². The zero-order valence-electron chi connectivity index (χ0n) is 26.1. The molecule has 0 saturated carbocycles. The molecule has 9 N–H and O–H groups in total. The molecule has 0 aliphatic heterocycles. The summed E-state index contributed by atoms with van der Waals surface area (Å²) >= 11 is 0. The van der Waals surface area contributed by atoms with Crippen LogP contribution in [0.3, 0.4) is 0 Å². The van der Waals surface area contributed by atoms with Gasteiger partial charge >= 0.3 is 6.09 Å². The summed E-state index contributed by atoms with van der Waals surface area (Å²) in [5.74, 6) is 1.62. The molecule has 1 rings (SSSR count). The number of hydrogen-bond donors (Lipinski definition) is 8. The van der Waals surface area contributed by atoms with Crippen LogP contribution in [0.2, 0.25) is 0 Å². The minimum absolute atomic E-state index is 0.00820. The number of hydrazine groups is 1. The first-order chi connectivity index (χ1) is 20.6. The molecule has 0 aromatic heterocycles. The number of ether oxygens (including phenoxy) is 1. The van der Waals surface area contributed by atoms with Crippen molar-refractivity contribution in [1.29, 1.82) is 0 Å². The smallest absolute Gasteiger partial charge is 0.408 e. The lowest BCUT2D eigenvalue weighted by Crippen LogP contribution is -2.59. The number of hydrogen-bond acceptors (Lipinski definition) is 9. The summed E-state index contributed by atoms with van der Waals surface area (Å²) in [6, 6.07) is 4.21. The van der Waals surface area contributed by atoms with E-state index >= 15 is 0 Å². The maximum Gasteiger partial charge on any atom is 0.408 e. The lowest BCUT2D eigenvalue weighted by atomic mass is 10.00. The Morgan fingerprint density at radius 1 is 0.750 bits per heavy atom. The van der Waals surface area contributed by atoms with E-state index in [9.17, 15) is 33.9 Å². The molecule has 15 heteroatoms. The van der Waals surface area contributed by atoms with Crippen molar-refractivity contribution in [3.05, 3.63) is 35.9 Å². The Morgan fingerprint density at radius 2 is 1.30 bits per heavy atom. The number of aliphatic hydroxyl groups excluding tert-OH is 1. The fourth-order valence-corrected chi connectivity index (χ4v) is 3.98. The molecule has 5 atom stereocenters. The van der Waals surface area contributed by atoms with Gasteiger partial charge in [0.05, 0.1) is 12.6 Å². The highest BCUT2D eigenvalue weighted by Gasteiger charge is 2.32. The molecule has 1 aromatic rings. The molecule has 44 heavy (non-hydrogen) atoms. The maximum atomic E-state index is 13.2. The average Bonchev–Trinajstić information content (AvgIpc) is 2.96. The lowest BCUT2D eigenvalue weighted by Gasteiger charge is -2.27. The van der Waals surface area contributed by atoms with Crippen LogP contribution in [0, 0.1) is 11.8 Å². The van der Waals surface area contributed by atoms with Crippen molar-refractivity contribution in [3.63, 3.8) is 0 Å². The van der Waals surface area contributed by atoms with Crippen molar-refractivity contribution in [1.82, 2.24) is 32.0 Å². The van der Waals surface area contributed by atoms with E-state index in [-0.39, 0.29) is 37.8 Å². The van der Waals surface area contributed by atoms with Crippen molar-refractivity contribution in [2.24, 2.45) is 17.7 Å². The molecule has 0 spiro atoms. The second-order valence-electron chi connectivity index (χ2n) is 11.3. The van der Waals surface area contributed by atoms with Gasteiger partial charge in [-0.15, -0.1) is 0 Å². The van der Waals surface area contributed by atoms with Crippen LogP contribution >= 0.6 is 0 Å². The minimum Gasteiger partial charge on any atom is -0.445 e. The molecule has 0 unspecified atom stereocenters. The minimum atomic E-state index is -1.43. The summed E-state index contributed by atoms with van der Waals surface area (Å²) in [6.45, 7) is 9.64. The van der Waals surface area contributed by atoms with Gasteiger partial charge in [-0.3, -0.25) is 29.4 Å². The summed E-state index contributed by atoms with van der Waals surface area (Å²) in [4.78, 5) is 75.6. The molecule has 0 aliphatic rings. The summed E-state index contributed by atoms with van der Waals surface area (Å²) in [5, 5.41) is 22.5. The molecule has 6 amide bonds. The van der Waals surface area contributed by atoms with E-state index in [1.165, 1.54) is 13.8 Å². The first-order valence-corrected chi connectivity index (χ1v) is 14.5. The van der Waals surface area contributed by atoms with E-state index in [1.807, 2.05) is 39.2 Å². The number of benzene rings is 1. The van der Waals surface area contributed by atoms with E-state index in [4.69, 9.17) is 10.6 Å². The van der Waals surface area contributed by atoms with Gasteiger partial charge in [0.1, 0.15) is 30.8 Å². The summed E-state index contributed by atoms with van der Waals surface area (Å²) in [6.07, 6.45) is -1.79. The predicted octanol–water partition coefficient (Wildman–Crippen LogP) is -0.665. The van der Waals surface area contributed by atoms with Gasteiger partial charge in [-0.05, 0) is 44.1 Å². The van der Waals surface area contributed by atoms with Crippen molar-refractivity contribution in [2.75, 3.05) is 6.54 Å². The molecule has 0 heterocycles. The van der Waals surface area contributed by atoms with Gasteiger partial charge in [0.2, 0.25) is 23.6 Å². The largest absolute Gasteiger partial charge is 0.445 e. The molecule has 15 nitrogen and oxygen atoms in total. The molecule has 246 valence electrons. The van der Waals surface area contributed by atoms with Gasteiger partial charge in [0.15, 0.2) is 0 Å². The summed E-state index contributed by atoms with van der Waals surface area (Å²) in [7, 11) is 0. The number of rotatable bonds is 17. The Labute approximate surface area is 257 Å². The number of carbonyl (C=O) groups is 6. The Bertz CT molecular complexity index is 1110. The number of nitrogens with one attached hydrogen (secondary N) is 6. The fraction of sp³-hybridized carbons (Fsp3) is 0.586. The lowest BCUT2D eigenvalue weighted by molar-refractivity contribution is -0.134. The Morgan fingerprint density at radius 3 is 1.82 bits per heavy atom. The van der Waals surface area contributed by atoms with Gasteiger partial charge in [-0.25, -0.2) is 10.6 Å². The van der Waals surface area contributed by atoms with Crippen LogP contribution in [-0.4, -0.2) is 77.6 Å². The predicted molar refractivity (Wildman–Crippen MR) is 161 cm³/mol. The third-order valence-electron chi connectivity index (χ3n) is 6.27. The van der Waals surface area contributed by atoms with Crippen LogP contribution in [0.5, 0.6) is 0 Å². The third-order valence-corrected chi connectivity index (χ3v) is 6.27. The topological polar surface area (TPSA) is 230 Å². The number of aliphatic hydroxyl groups is 1. The van der Waals surface area contributed by atoms with Crippen LogP contribution in [0.15, 0.2) is 30.3 Å². The molecule has 0 saturated heterocycles. The number of amides is 6. The number of carbonyl (C=O) groups excluding carboxylic acids is 6. The number of alkyl carbamates (subject to hydrolysis) is 1. The van der Waals surface area contributed by atoms with Crippen molar-refractivity contribution in [3.8, 4) is 0 Å². The zero-order valence-corrected chi connectivity index (χ0v) is 26.1. The Hall–Kier alpha value is -4.24. The normalized spacial score (nSPS) is 14.3. The SMILES string of the molecule is CC(C)C[C@H](NC(=O)[C@H](C)NC(=O)[C@@H](NC(=O)OCc1ccccc1)[C@@H](C)O)C(=O)N[C@@H](CC(C)C)C(=O)NCC(=O)NN. The van der Waals surface area contributed by atoms with Crippen LogP contribution in [-0.2, 0) is 35.3 Å². The van der Waals surface area contributed by atoms with Gasteiger partial charge < -0.3 is 36.4 Å². The van der Waals surface area contributed by atoms with E-state index in [2.05, 4.69) is 26.6 Å². The second-order valence-corrected chi connectivity index (χ2v) is 11.3. The standard InChI is InChI=1S/C29H47N7O8/c1-16(2)12-21(26(40)31-14-23(38)36-30)34-27(41)22(13-17(3)4)33-25(39)18(5)32-28(42)24(19(6)37)35-29(43)44-15-20-10-8-7-9-11-20/h7-11,16-19,21-22,24,37H,12-15,30H2,1-6H3,(H,31,40)(H,32,42)(H,33,39)(H,34,41)(H,35,43)(H,36,38)/t18-,19+,21-,22-,24-/m0/s1. The van der Waals surface area contributed by atoms with Crippen molar-refractivity contribution < 1.29 is 38.6 Å². The van der Waals surface area contributed by atoms with Crippen LogP contribution in [0.4, 0.5) is 4.79 Å². The zero-order chi connectivity index (χ0) is 33.4. The van der Waals surface area contributed by atoms with Crippen LogP contribution in [0.1, 0.15) is 59.9 Å². The number of nitrogens with two attached hydrogens (primary N) is 1. The average molecular weight is 622 g/mol. The quantitative estimate of drug-likeness (QED) is 0.0626. The van der Waals surface area contributed by atoms with Gasteiger partial charge in [0.25, 0.3) is 5.91 Å². The molecule has 0 bridgehead atoms. The van der Waals surface area contributed by atoms with Gasteiger partial charge in [-0.1, -0.05) is 58.0 Å². The van der Waals surface area contributed by atoms with E-state index in [0.717, 1.165) is 5.56 Å². The van der Waals surface area contributed by atoms with E-state index in [0.29, 0.717) is 0 Å². The molecule has 0 aliphatic carbocycles. The van der Waals surface area contributed by atoms with Gasteiger partial charge in [-0.2, -0.15) is 0 Å². The summed E-state index contributed by atoms with van der Waals surface area (Å²) < 4.78 is 5.11. The highest BCUT2D eigenvalue weighted by Crippen LogP contribution is 2.10. The molecule has 0 fully saturated rings. The Balaban J connectivity index is 2.87. The monoisotopic (exact) mass is 621 g/mol. The first kappa shape index (κ1) is 37.8. The van der Waals surface area contributed by atoms with Crippen LogP contribution in [0.25, 0.3) is 0 Å². The molecular formula is C29H47N7O8. The second kappa shape index (κ2) is 19.1.